The maximum Gasteiger partial charge on any atom is 0.294 e. The molecular formula is C9H12O4S. The van der Waals surface area contributed by atoms with E-state index in [1.54, 1.807) is 12.1 Å². The Labute approximate surface area is 83.3 Å². The van der Waals surface area contributed by atoms with Gasteiger partial charge in [-0.1, -0.05) is 17.7 Å². The van der Waals surface area contributed by atoms with E-state index in [2.05, 4.69) is 0 Å². The molecule has 1 rings (SSSR count). The first-order valence-electron chi connectivity index (χ1n) is 4.01. The van der Waals surface area contributed by atoms with Crippen LogP contribution >= 0.6 is 0 Å². The summed E-state index contributed by atoms with van der Waals surface area (Å²) in [5, 5.41) is 0. The SMILES string of the molecule is COCc1cc(C)ccc1S(=O)(=O)O. The fourth-order valence-electron chi connectivity index (χ4n) is 1.23. The van der Waals surface area contributed by atoms with Crippen LogP contribution in [0, 0.1) is 6.92 Å². The van der Waals surface area contributed by atoms with E-state index in [1.807, 2.05) is 6.92 Å². The van der Waals surface area contributed by atoms with Gasteiger partial charge in [-0.2, -0.15) is 8.42 Å². The number of ether oxygens (including phenoxy) is 1. The Bertz CT molecular complexity index is 422. The molecule has 78 valence electrons. The summed E-state index contributed by atoms with van der Waals surface area (Å²) in [5.74, 6) is 0. The highest BCUT2D eigenvalue weighted by atomic mass is 32.2. The lowest BCUT2D eigenvalue weighted by atomic mass is 10.1. The van der Waals surface area contributed by atoms with Crippen molar-refractivity contribution in [3.8, 4) is 0 Å². The largest absolute Gasteiger partial charge is 0.380 e. The van der Waals surface area contributed by atoms with Crippen molar-refractivity contribution >= 4 is 10.1 Å². The summed E-state index contributed by atoms with van der Waals surface area (Å²) in [6, 6.07) is 4.67. The standard InChI is InChI=1S/C9H12O4S/c1-7-3-4-9(14(10,11)12)8(5-7)6-13-2/h3-5H,6H2,1-2H3,(H,10,11,12). The van der Waals surface area contributed by atoms with Gasteiger partial charge < -0.3 is 4.74 Å². The third-order valence-electron chi connectivity index (χ3n) is 1.79. The smallest absolute Gasteiger partial charge is 0.294 e. The second-order valence-electron chi connectivity index (χ2n) is 3.02. The summed E-state index contributed by atoms with van der Waals surface area (Å²) in [7, 11) is -2.68. The average Bonchev–Trinajstić information content (AvgIpc) is 2.02. The van der Waals surface area contributed by atoms with Gasteiger partial charge in [0, 0.05) is 7.11 Å². The van der Waals surface area contributed by atoms with E-state index in [9.17, 15) is 8.42 Å². The lowest BCUT2D eigenvalue weighted by Crippen LogP contribution is -2.04. The highest BCUT2D eigenvalue weighted by molar-refractivity contribution is 7.85. The zero-order valence-electron chi connectivity index (χ0n) is 8.02. The van der Waals surface area contributed by atoms with Gasteiger partial charge in [0.2, 0.25) is 0 Å². The van der Waals surface area contributed by atoms with E-state index in [-0.39, 0.29) is 11.5 Å². The lowest BCUT2D eigenvalue weighted by Gasteiger charge is -2.06. The molecule has 0 amide bonds. The van der Waals surface area contributed by atoms with Crippen LogP contribution in [0.15, 0.2) is 23.1 Å². The maximum absolute atomic E-state index is 10.9. The number of benzene rings is 1. The molecule has 1 aromatic rings. The fourth-order valence-corrected chi connectivity index (χ4v) is 1.92. The number of aryl methyl sites for hydroxylation is 1. The molecule has 0 bridgehead atoms. The van der Waals surface area contributed by atoms with Gasteiger partial charge in [0.25, 0.3) is 10.1 Å². The van der Waals surface area contributed by atoms with Gasteiger partial charge in [-0.05, 0) is 18.6 Å². The predicted molar refractivity (Wildman–Crippen MR) is 51.7 cm³/mol. The van der Waals surface area contributed by atoms with E-state index >= 15 is 0 Å². The van der Waals surface area contributed by atoms with Gasteiger partial charge in [0.15, 0.2) is 0 Å². The first-order chi connectivity index (χ1) is 6.45. The van der Waals surface area contributed by atoms with Crippen LogP contribution in [-0.4, -0.2) is 20.1 Å². The Morgan fingerprint density at radius 2 is 2.07 bits per heavy atom. The molecule has 0 aliphatic carbocycles. The molecule has 0 aromatic heterocycles. The number of methoxy groups -OCH3 is 1. The lowest BCUT2D eigenvalue weighted by molar-refractivity contribution is 0.182. The van der Waals surface area contributed by atoms with Crippen molar-refractivity contribution < 1.29 is 17.7 Å². The Hall–Kier alpha value is -0.910. The van der Waals surface area contributed by atoms with E-state index in [4.69, 9.17) is 9.29 Å². The second-order valence-corrected chi connectivity index (χ2v) is 4.41. The average molecular weight is 216 g/mol. The molecule has 0 spiro atoms. The molecule has 0 saturated carbocycles. The second kappa shape index (κ2) is 4.08. The minimum Gasteiger partial charge on any atom is -0.380 e. The van der Waals surface area contributed by atoms with Gasteiger partial charge in [-0.3, -0.25) is 4.55 Å². The molecule has 14 heavy (non-hydrogen) atoms. The van der Waals surface area contributed by atoms with E-state index in [0.29, 0.717) is 5.56 Å². The maximum atomic E-state index is 10.9. The van der Waals surface area contributed by atoms with Crippen molar-refractivity contribution in [1.82, 2.24) is 0 Å². The molecule has 0 radical (unpaired) electrons. The molecule has 1 aromatic carbocycles. The first kappa shape index (κ1) is 11.2. The number of hydrogen-bond acceptors (Lipinski definition) is 3. The third kappa shape index (κ3) is 2.54. The minimum atomic E-state index is -4.15. The molecule has 0 saturated heterocycles. The quantitative estimate of drug-likeness (QED) is 0.775. The summed E-state index contributed by atoms with van der Waals surface area (Å²) >= 11 is 0. The molecule has 0 unspecified atom stereocenters. The molecule has 0 atom stereocenters. The highest BCUT2D eigenvalue weighted by Crippen LogP contribution is 2.17. The van der Waals surface area contributed by atoms with Crippen molar-refractivity contribution in [3.05, 3.63) is 29.3 Å². The van der Waals surface area contributed by atoms with Crippen LogP contribution in [0.5, 0.6) is 0 Å². The monoisotopic (exact) mass is 216 g/mol. The molecule has 0 fully saturated rings. The normalized spacial score (nSPS) is 11.6. The fraction of sp³-hybridized carbons (Fsp3) is 0.333. The zero-order valence-corrected chi connectivity index (χ0v) is 8.84. The van der Waals surface area contributed by atoms with E-state index < -0.39 is 10.1 Å². The molecule has 5 heteroatoms. The van der Waals surface area contributed by atoms with Gasteiger partial charge >= 0.3 is 0 Å². The van der Waals surface area contributed by atoms with Crippen molar-refractivity contribution in [2.75, 3.05) is 7.11 Å². The molecular weight excluding hydrogens is 204 g/mol. The molecule has 0 aliphatic heterocycles. The molecule has 1 N–H and O–H groups in total. The summed E-state index contributed by atoms with van der Waals surface area (Å²) in [4.78, 5) is -0.0926. The van der Waals surface area contributed by atoms with Gasteiger partial charge in [0.1, 0.15) is 0 Å². The van der Waals surface area contributed by atoms with E-state index in [1.165, 1.54) is 13.2 Å². The highest BCUT2D eigenvalue weighted by Gasteiger charge is 2.14. The Kier molecular flexibility index (Phi) is 3.25. The van der Waals surface area contributed by atoms with Crippen molar-refractivity contribution in [3.63, 3.8) is 0 Å². The first-order valence-corrected chi connectivity index (χ1v) is 5.45. The number of rotatable bonds is 3. The predicted octanol–water partition coefficient (Wildman–Crippen LogP) is 1.39. The summed E-state index contributed by atoms with van der Waals surface area (Å²) in [5.41, 5.74) is 1.39. The summed E-state index contributed by atoms with van der Waals surface area (Å²) in [6.07, 6.45) is 0. The Morgan fingerprint density at radius 1 is 1.43 bits per heavy atom. The van der Waals surface area contributed by atoms with Crippen LogP contribution in [0.1, 0.15) is 11.1 Å². The zero-order chi connectivity index (χ0) is 10.8. The van der Waals surface area contributed by atoms with Crippen molar-refractivity contribution in [1.29, 1.82) is 0 Å². The Balaban J connectivity index is 3.29. The van der Waals surface area contributed by atoms with Crippen LogP contribution in [0.2, 0.25) is 0 Å². The van der Waals surface area contributed by atoms with Gasteiger partial charge in [-0.25, -0.2) is 0 Å². The summed E-state index contributed by atoms with van der Waals surface area (Å²) < 4.78 is 35.6. The molecule has 4 nitrogen and oxygen atoms in total. The van der Waals surface area contributed by atoms with Crippen LogP contribution in [0.4, 0.5) is 0 Å². The topological polar surface area (TPSA) is 63.6 Å². The van der Waals surface area contributed by atoms with E-state index in [0.717, 1.165) is 5.56 Å². The van der Waals surface area contributed by atoms with Gasteiger partial charge in [-0.15, -0.1) is 0 Å². The van der Waals surface area contributed by atoms with Crippen LogP contribution in [0.25, 0.3) is 0 Å². The van der Waals surface area contributed by atoms with Crippen LogP contribution in [-0.2, 0) is 21.5 Å². The Morgan fingerprint density at radius 3 is 2.57 bits per heavy atom. The number of hydrogen-bond donors (Lipinski definition) is 1. The van der Waals surface area contributed by atoms with Crippen LogP contribution < -0.4 is 0 Å². The van der Waals surface area contributed by atoms with Crippen molar-refractivity contribution in [2.45, 2.75) is 18.4 Å². The van der Waals surface area contributed by atoms with Crippen molar-refractivity contribution in [2.24, 2.45) is 0 Å². The van der Waals surface area contributed by atoms with Crippen LogP contribution in [0.3, 0.4) is 0 Å². The molecule has 0 heterocycles. The minimum absolute atomic E-state index is 0.0926. The summed E-state index contributed by atoms with van der Waals surface area (Å²) in [6.45, 7) is 2.00. The van der Waals surface area contributed by atoms with Gasteiger partial charge in [0.05, 0.1) is 11.5 Å². The molecule has 0 aliphatic rings. The third-order valence-corrected chi connectivity index (χ3v) is 2.75.